The molecular formula is C15H23Cl2N. The summed E-state index contributed by atoms with van der Waals surface area (Å²) in [6.45, 7) is 10.9. The van der Waals surface area contributed by atoms with Gasteiger partial charge in [-0.15, -0.1) is 0 Å². The highest BCUT2D eigenvalue weighted by molar-refractivity contribution is 6.42. The van der Waals surface area contributed by atoms with Crippen LogP contribution in [0.25, 0.3) is 0 Å². The molecule has 0 saturated carbocycles. The molecular weight excluding hydrogens is 265 g/mol. The standard InChI is InChI=1S/C15H23Cl2N/c1-10(2)13(11(3)4)9-18-8-12-6-5-7-14(16)15(12)17/h5-7,10-11,13,18H,8-9H2,1-4H3. The smallest absolute Gasteiger partial charge is 0.0637 e. The number of hydrogen-bond acceptors (Lipinski definition) is 1. The van der Waals surface area contributed by atoms with Crippen LogP contribution in [0.5, 0.6) is 0 Å². The monoisotopic (exact) mass is 287 g/mol. The fourth-order valence-corrected chi connectivity index (χ4v) is 2.69. The summed E-state index contributed by atoms with van der Waals surface area (Å²) >= 11 is 12.2. The van der Waals surface area contributed by atoms with E-state index < -0.39 is 0 Å². The van der Waals surface area contributed by atoms with Crippen molar-refractivity contribution >= 4 is 23.2 Å². The fourth-order valence-electron chi connectivity index (χ4n) is 2.30. The fraction of sp³-hybridized carbons (Fsp3) is 0.600. The zero-order valence-electron chi connectivity index (χ0n) is 11.6. The first-order chi connectivity index (χ1) is 8.43. The Hall–Kier alpha value is -0.240. The molecule has 0 atom stereocenters. The third kappa shape index (κ3) is 4.46. The van der Waals surface area contributed by atoms with Gasteiger partial charge in [-0.3, -0.25) is 0 Å². The number of hydrogen-bond donors (Lipinski definition) is 1. The van der Waals surface area contributed by atoms with E-state index in [1.165, 1.54) is 0 Å². The van der Waals surface area contributed by atoms with Crippen LogP contribution in [0.3, 0.4) is 0 Å². The zero-order chi connectivity index (χ0) is 13.7. The number of rotatable bonds is 6. The highest BCUT2D eigenvalue weighted by Crippen LogP contribution is 2.25. The van der Waals surface area contributed by atoms with E-state index in [2.05, 4.69) is 33.0 Å². The lowest BCUT2D eigenvalue weighted by Gasteiger charge is -2.25. The molecule has 0 heterocycles. The molecule has 0 saturated heterocycles. The van der Waals surface area contributed by atoms with Crippen molar-refractivity contribution in [3.63, 3.8) is 0 Å². The van der Waals surface area contributed by atoms with Crippen molar-refractivity contribution in [2.24, 2.45) is 17.8 Å². The third-order valence-corrected chi connectivity index (χ3v) is 4.30. The van der Waals surface area contributed by atoms with E-state index in [0.29, 0.717) is 27.8 Å². The van der Waals surface area contributed by atoms with E-state index in [4.69, 9.17) is 23.2 Å². The quantitative estimate of drug-likeness (QED) is 0.775. The second-order valence-corrected chi connectivity index (χ2v) is 6.28. The minimum absolute atomic E-state index is 0.625. The lowest BCUT2D eigenvalue weighted by molar-refractivity contribution is 0.275. The number of benzene rings is 1. The molecule has 0 fully saturated rings. The van der Waals surface area contributed by atoms with E-state index in [-0.39, 0.29) is 0 Å². The Bertz CT molecular complexity index is 367. The van der Waals surface area contributed by atoms with E-state index in [9.17, 15) is 0 Å². The molecule has 102 valence electrons. The van der Waals surface area contributed by atoms with Gasteiger partial charge in [0.1, 0.15) is 0 Å². The summed E-state index contributed by atoms with van der Waals surface area (Å²) in [6, 6.07) is 5.77. The SMILES string of the molecule is CC(C)C(CNCc1cccc(Cl)c1Cl)C(C)C. The zero-order valence-corrected chi connectivity index (χ0v) is 13.1. The Kier molecular flexibility index (Phi) is 6.48. The van der Waals surface area contributed by atoms with Crippen LogP contribution in [-0.2, 0) is 6.54 Å². The average Bonchev–Trinajstić information content (AvgIpc) is 2.28. The molecule has 18 heavy (non-hydrogen) atoms. The molecule has 0 spiro atoms. The summed E-state index contributed by atoms with van der Waals surface area (Å²) in [5, 5.41) is 4.78. The summed E-state index contributed by atoms with van der Waals surface area (Å²) in [5.74, 6) is 2.06. The molecule has 1 nitrogen and oxygen atoms in total. The molecule has 0 aromatic heterocycles. The summed E-state index contributed by atoms with van der Waals surface area (Å²) in [7, 11) is 0. The number of nitrogens with one attached hydrogen (secondary N) is 1. The second kappa shape index (κ2) is 7.37. The van der Waals surface area contributed by atoms with Crippen molar-refractivity contribution in [1.29, 1.82) is 0 Å². The van der Waals surface area contributed by atoms with Gasteiger partial charge in [0.25, 0.3) is 0 Å². The van der Waals surface area contributed by atoms with Gasteiger partial charge in [-0.05, 0) is 35.9 Å². The maximum atomic E-state index is 6.16. The molecule has 1 N–H and O–H groups in total. The first kappa shape index (κ1) is 15.8. The van der Waals surface area contributed by atoms with E-state index in [0.717, 1.165) is 18.7 Å². The molecule has 0 bridgehead atoms. The van der Waals surface area contributed by atoms with Gasteiger partial charge in [0, 0.05) is 6.54 Å². The first-order valence-corrected chi connectivity index (χ1v) is 7.32. The molecule has 0 aliphatic carbocycles. The maximum Gasteiger partial charge on any atom is 0.0637 e. The first-order valence-electron chi connectivity index (χ1n) is 6.57. The van der Waals surface area contributed by atoms with Gasteiger partial charge in [0.2, 0.25) is 0 Å². The Morgan fingerprint density at radius 1 is 1.06 bits per heavy atom. The minimum atomic E-state index is 0.625. The lowest BCUT2D eigenvalue weighted by Crippen LogP contribution is -2.29. The molecule has 1 rings (SSSR count). The van der Waals surface area contributed by atoms with Crippen molar-refractivity contribution in [1.82, 2.24) is 5.32 Å². The van der Waals surface area contributed by atoms with E-state index >= 15 is 0 Å². The lowest BCUT2D eigenvalue weighted by atomic mass is 9.85. The third-order valence-electron chi connectivity index (χ3n) is 3.44. The van der Waals surface area contributed by atoms with Crippen molar-refractivity contribution in [2.75, 3.05) is 6.54 Å². The minimum Gasteiger partial charge on any atom is -0.312 e. The van der Waals surface area contributed by atoms with Gasteiger partial charge in [-0.1, -0.05) is 63.0 Å². The topological polar surface area (TPSA) is 12.0 Å². The van der Waals surface area contributed by atoms with Gasteiger partial charge in [0.05, 0.1) is 10.0 Å². The Balaban J connectivity index is 2.53. The van der Waals surface area contributed by atoms with Gasteiger partial charge in [-0.2, -0.15) is 0 Å². The van der Waals surface area contributed by atoms with Crippen molar-refractivity contribution in [3.8, 4) is 0 Å². The van der Waals surface area contributed by atoms with Crippen LogP contribution in [0.15, 0.2) is 18.2 Å². The number of halogens is 2. The maximum absolute atomic E-state index is 6.16. The van der Waals surface area contributed by atoms with Crippen molar-refractivity contribution < 1.29 is 0 Å². The normalized spacial score (nSPS) is 11.8. The van der Waals surface area contributed by atoms with Gasteiger partial charge in [-0.25, -0.2) is 0 Å². The molecule has 1 aromatic rings. The summed E-state index contributed by atoms with van der Waals surface area (Å²) in [4.78, 5) is 0. The molecule has 0 aliphatic rings. The van der Waals surface area contributed by atoms with Crippen LogP contribution in [-0.4, -0.2) is 6.54 Å². The Labute approximate surface area is 121 Å². The highest BCUT2D eigenvalue weighted by Gasteiger charge is 2.16. The second-order valence-electron chi connectivity index (χ2n) is 5.50. The molecule has 0 radical (unpaired) electrons. The Morgan fingerprint density at radius 2 is 1.67 bits per heavy atom. The van der Waals surface area contributed by atoms with Crippen molar-refractivity contribution in [2.45, 2.75) is 34.2 Å². The molecule has 3 heteroatoms. The van der Waals surface area contributed by atoms with Crippen LogP contribution >= 0.6 is 23.2 Å². The van der Waals surface area contributed by atoms with Crippen LogP contribution in [0, 0.1) is 17.8 Å². The Morgan fingerprint density at radius 3 is 2.22 bits per heavy atom. The molecule has 0 amide bonds. The molecule has 1 aromatic carbocycles. The van der Waals surface area contributed by atoms with Gasteiger partial charge in [0.15, 0.2) is 0 Å². The van der Waals surface area contributed by atoms with Crippen molar-refractivity contribution in [3.05, 3.63) is 33.8 Å². The predicted molar refractivity (Wildman–Crippen MR) is 81.3 cm³/mol. The van der Waals surface area contributed by atoms with Gasteiger partial charge >= 0.3 is 0 Å². The van der Waals surface area contributed by atoms with Crippen LogP contribution in [0.4, 0.5) is 0 Å². The summed E-state index contributed by atoms with van der Waals surface area (Å²) in [6.07, 6.45) is 0. The van der Waals surface area contributed by atoms with E-state index in [1.54, 1.807) is 0 Å². The highest BCUT2D eigenvalue weighted by atomic mass is 35.5. The van der Waals surface area contributed by atoms with Crippen LogP contribution in [0.2, 0.25) is 10.0 Å². The summed E-state index contributed by atoms with van der Waals surface area (Å²) < 4.78 is 0. The molecule has 0 unspecified atom stereocenters. The van der Waals surface area contributed by atoms with E-state index in [1.807, 2.05) is 18.2 Å². The average molecular weight is 288 g/mol. The van der Waals surface area contributed by atoms with Gasteiger partial charge < -0.3 is 5.32 Å². The van der Waals surface area contributed by atoms with Crippen LogP contribution < -0.4 is 5.32 Å². The largest absolute Gasteiger partial charge is 0.312 e. The predicted octanol–water partition coefficient (Wildman–Crippen LogP) is 5.01. The summed E-state index contributed by atoms with van der Waals surface area (Å²) in [5.41, 5.74) is 1.07. The van der Waals surface area contributed by atoms with Crippen LogP contribution in [0.1, 0.15) is 33.3 Å². The molecule has 0 aliphatic heterocycles.